The van der Waals surface area contributed by atoms with Crippen LogP contribution in [-0.2, 0) is 0 Å². The number of benzene rings is 2. The molecule has 2 aromatic rings. The highest BCUT2D eigenvalue weighted by Crippen LogP contribution is 2.06. The third-order valence-electron chi connectivity index (χ3n) is 4.60. The van der Waals surface area contributed by atoms with Crippen molar-refractivity contribution in [2.45, 2.75) is 46.0 Å². The molecule has 0 N–H and O–H groups in total. The monoisotopic (exact) mass is 390 g/mol. The van der Waals surface area contributed by atoms with E-state index >= 15 is 0 Å². The third kappa shape index (κ3) is 8.77. The summed E-state index contributed by atoms with van der Waals surface area (Å²) in [5.74, 6) is 0.225. The summed E-state index contributed by atoms with van der Waals surface area (Å²) in [5, 5.41) is 0. The molecule has 0 bridgehead atoms. The van der Waals surface area contributed by atoms with Gasteiger partial charge in [0, 0.05) is 48.5 Å². The normalized spacial score (nSPS) is 12.1. The number of rotatable bonds is 12. The second-order valence-electron chi connectivity index (χ2n) is 7.23. The van der Waals surface area contributed by atoms with Gasteiger partial charge >= 0.3 is 0 Å². The van der Waals surface area contributed by atoms with E-state index in [1.807, 2.05) is 74.5 Å². The van der Waals surface area contributed by atoms with Gasteiger partial charge in [0.2, 0.25) is 0 Å². The fourth-order valence-corrected chi connectivity index (χ4v) is 2.97. The summed E-state index contributed by atoms with van der Waals surface area (Å²) in [5.41, 5.74) is 3.24. The van der Waals surface area contributed by atoms with Crippen molar-refractivity contribution in [2.75, 3.05) is 13.1 Å². The van der Waals surface area contributed by atoms with Crippen LogP contribution in [0.4, 0.5) is 0 Å². The number of Topliss-reactive ketones (excluding diaryl/α,β-unsaturated/α-hetero) is 2. The van der Waals surface area contributed by atoms with Crippen molar-refractivity contribution in [2.24, 2.45) is 9.98 Å². The largest absolute Gasteiger partial charge is 0.294 e. The summed E-state index contributed by atoms with van der Waals surface area (Å²) in [6, 6.07) is 18.7. The van der Waals surface area contributed by atoms with Crippen LogP contribution in [0.3, 0.4) is 0 Å². The predicted octanol–water partition coefficient (Wildman–Crippen LogP) is 5.62. The second kappa shape index (κ2) is 12.6. The topological polar surface area (TPSA) is 58.9 Å². The van der Waals surface area contributed by atoms with Gasteiger partial charge in [0.05, 0.1) is 0 Å². The van der Waals surface area contributed by atoms with Crippen LogP contribution in [-0.4, -0.2) is 36.1 Å². The molecule has 4 heteroatoms. The maximum absolute atomic E-state index is 12.1. The van der Waals surface area contributed by atoms with Gasteiger partial charge in [-0.1, -0.05) is 60.7 Å². The molecule has 0 aliphatic heterocycles. The average molecular weight is 391 g/mol. The van der Waals surface area contributed by atoms with Crippen molar-refractivity contribution >= 4 is 23.0 Å². The molecule has 0 radical (unpaired) electrons. The maximum Gasteiger partial charge on any atom is 0.168 e. The Morgan fingerprint density at radius 2 is 1.00 bits per heavy atom. The lowest BCUT2D eigenvalue weighted by Crippen LogP contribution is -2.06. The lowest BCUT2D eigenvalue weighted by molar-refractivity contribution is 0.0992. The van der Waals surface area contributed by atoms with Crippen molar-refractivity contribution in [3.8, 4) is 0 Å². The van der Waals surface area contributed by atoms with Crippen molar-refractivity contribution in [1.82, 2.24) is 0 Å². The highest BCUT2D eigenvalue weighted by molar-refractivity contribution is 6.09. The van der Waals surface area contributed by atoms with Crippen LogP contribution < -0.4 is 0 Å². The summed E-state index contributed by atoms with van der Waals surface area (Å²) in [7, 11) is 0. The first-order valence-corrected chi connectivity index (χ1v) is 10.2. The van der Waals surface area contributed by atoms with Gasteiger partial charge < -0.3 is 0 Å². The first-order valence-electron chi connectivity index (χ1n) is 10.2. The highest BCUT2D eigenvalue weighted by Gasteiger charge is 2.07. The Morgan fingerprint density at radius 1 is 0.621 bits per heavy atom. The lowest BCUT2D eigenvalue weighted by atomic mass is 10.1. The van der Waals surface area contributed by atoms with E-state index < -0.39 is 0 Å². The number of carbonyl (C=O) groups excluding carboxylic acids is 2. The molecule has 0 atom stereocenters. The van der Waals surface area contributed by atoms with Crippen LogP contribution in [0.2, 0.25) is 0 Å². The van der Waals surface area contributed by atoms with E-state index in [0.29, 0.717) is 12.8 Å². The molecular formula is C25H30N2O2. The number of nitrogens with zero attached hydrogens (tertiary/aromatic N) is 2. The zero-order valence-corrected chi connectivity index (χ0v) is 17.4. The molecule has 0 aromatic heterocycles. The number of ketones is 2. The van der Waals surface area contributed by atoms with Crippen LogP contribution in [0, 0.1) is 0 Å². The molecule has 2 aromatic carbocycles. The van der Waals surface area contributed by atoms with Crippen molar-refractivity contribution < 1.29 is 9.59 Å². The van der Waals surface area contributed by atoms with Crippen LogP contribution in [0.5, 0.6) is 0 Å². The molecule has 0 spiro atoms. The Balaban J connectivity index is 1.60. The maximum atomic E-state index is 12.1. The quantitative estimate of drug-likeness (QED) is 0.268. The minimum atomic E-state index is 0.113. The van der Waals surface area contributed by atoms with Crippen molar-refractivity contribution in [3.05, 3.63) is 71.8 Å². The fraction of sp³-hybridized carbons (Fsp3) is 0.360. The van der Waals surface area contributed by atoms with E-state index in [1.54, 1.807) is 0 Å². The number of hydrogen-bond acceptors (Lipinski definition) is 4. The Hall–Kier alpha value is -2.88. The van der Waals surface area contributed by atoms with Crippen molar-refractivity contribution in [3.63, 3.8) is 0 Å². The summed E-state index contributed by atoms with van der Waals surface area (Å²) in [6.45, 7) is 5.31. The third-order valence-corrected chi connectivity index (χ3v) is 4.60. The zero-order chi connectivity index (χ0) is 20.9. The molecule has 152 valence electrons. The molecule has 0 unspecified atom stereocenters. The molecule has 0 saturated heterocycles. The molecule has 4 nitrogen and oxygen atoms in total. The van der Waals surface area contributed by atoms with E-state index in [1.165, 1.54) is 0 Å². The molecule has 2 rings (SSSR count). The van der Waals surface area contributed by atoms with Gasteiger partial charge in [-0.15, -0.1) is 0 Å². The van der Waals surface area contributed by atoms with E-state index in [0.717, 1.165) is 54.9 Å². The fourth-order valence-electron chi connectivity index (χ4n) is 2.97. The van der Waals surface area contributed by atoms with Gasteiger partial charge in [-0.25, -0.2) is 0 Å². The number of aliphatic imine (C=N–C) groups is 2. The van der Waals surface area contributed by atoms with Gasteiger partial charge in [-0.05, 0) is 33.1 Å². The molecule has 0 heterocycles. The SMILES string of the molecule is C/C(CC(=O)c1ccccc1)=N/CCCCC/N=C(\C)CC(=O)c1ccccc1. The minimum Gasteiger partial charge on any atom is -0.294 e. The molecular weight excluding hydrogens is 360 g/mol. The summed E-state index contributed by atoms with van der Waals surface area (Å²) < 4.78 is 0. The van der Waals surface area contributed by atoms with E-state index in [-0.39, 0.29) is 11.6 Å². The first-order chi connectivity index (χ1) is 14.1. The summed E-state index contributed by atoms with van der Waals surface area (Å²) in [6.07, 6.45) is 3.75. The van der Waals surface area contributed by atoms with E-state index in [9.17, 15) is 9.59 Å². The minimum absolute atomic E-state index is 0.113. The average Bonchev–Trinajstić information content (AvgIpc) is 2.74. The number of hydrogen-bond donors (Lipinski definition) is 0. The first kappa shape index (κ1) is 22.4. The molecule has 0 aliphatic rings. The number of unbranched alkanes of at least 4 members (excludes halogenated alkanes) is 2. The zero-order valence-electron chi connectivity index (χ0n) is 17.4. The van der Waals surface area contributed by atoms with Crippen molar-refractivity contribution in [1.29, 1.82) is 0 Å². The summed E-state index contributed by atoms with van der Waals surface area (Å²) >= 11 is 0. The van der Waals surface area contributed by atoms with Gasteiger partial charge in [-0.3, -0.25) is 19.6 Å². The van der Waals surface area contributed by atoms with Gasteiger partial charge in [0.25, 0.3) is 0 Å². The molecule has 29 heavy (non-hydrogen) atoms. The van der Waals surface area contributed by atoms with Gasteiger partial charge in [0.15, 0.2) is 11.6 Å². The smallest absolute Gasteiger partial charge is 0.168 e. The molecule has 0 aliphatic carbocycles. The molecule has 0 fully saturated rings. The van der Waals surface area contributed by atoms with Crippen LogP contribution >= 0.6 is 0 Å². The standard InChI is InChI=1S/C25H30N2O2/c1-20(18-24(28)22-12-6-3-7-13-22)26-16-10-5-11-17-27-21(2)19-25(29)23-14-8-4-9-15-23/h3-4,6-9,12-15H,5,10-11,16-19H2,1-2H3/b26-20-,27-21+. The van der Waals surface area contributed by atoms with Crippen LogP contribution in [0.25, 0.3) is 0 Å². The van der Waals surface area contributed by atoms with E-state index in [4.69, 9.17) is 0 Å². The number of carbonyl (C=O) groups is 2. The Bertz CT molecular complexity index is 768. The van der Waals surface area contributed by atoms with Gasteiger partial charge in [-0.2, -0.15) is 0 Å². The Morgan fingerprint density at radius 3 is 1.38 bits per heavy atom. The second-order valence-corrected chi connectivity index (χ2v) is 7.23. The van der Waals surface area contributed by atoms with Crippen LogP contribution in [0.1, 0.15) is 66.7 Å². The van der Waals surface area contributed by atoms with Gasteiger partial charge in [0.1, 0.15) is 0 Å². The van der Waals surface area contributed by atoms with E-state index in [2.05, 4.69) is 9.98 Å². The molecule has 0 amide bonds. The Kier molecular flexibility index (Phi) is 9.70. The predicted molar refractivity (Wildman–Crippen MR) is 121 cm³/mol. The Labute approximate surface area is 173 Å². The highest BCUT2D eigenvalue weighted by atomic mass is 16.1. The summed E-state index contributed by atoms with van der Waals surface area (Å²) in [4.78, 5) is 33.3. The van der Waals surface area contributed by atoms with Crippen LogP contribution in [0.15, 0.2) is 70.6 Å². The molecule has 0 saturated carbocycles. The lowest BCUT2D eigenvalue weighted by Gasteiger charge is -2.03.